The second kappa shape index (κ2) is 10.9. The summed E-state index contributed by atoms with van der Waals surface area (Å²) >= 11 is 0. The summed E-state index contributed by atoms with van der Waals surface area (Å²) in [5.41, 5.74) is 0.909. The molecule has 2 aliphatic heterocycles. The van der Waals surface area contributed by atoms with Gasteiger partial charge in [-0.2, -0.15) is 8.42 Å². The molecule has 0 aromatic rings. The first-order valence-corrected chi connectivity index (χ1v) is 18.1. The summed E-state index contributed by atoms with van der Waals surface area (Å²) in [5.74, 6) is -0.109. The quantitative estimate of drug-likeness (QED) is 0.242. The number of hydrogen-bond donors (Lipinski definition) is 1. The number of fused-ring (bicyclic) bond motifs is 1. The Morgan fingerprint density at radius 1 is 1.23 bits per heavy atom. The largest absolute Gasteiger partial charge is 0.414 e. The second-order valence-corrected chi connectivity index (χ2v) is 19.4. The Morgan fingerprint density at radius 3 is 2.49 bits per heavy atom. The number of hydrogen-bond acceptors (Lipinski definition) is 6. The molecule has 2 heterocycles. The van der Waals surface area contributed by atoms with E-state index in [1.54, 1.807) is 0 Å². The molecule has 3 rings (SSSR count). The summed E-state index contributed by atoms with van der Waals surface area (Å²) in [6.07, 6.45) is 6.30. The van der Waals surface area contributed by atoms with Crippen LogP contribution in [-0.4, -0.2) is 57.6 Å². The zero-order valence-electron chi connectivity index (χ0n) is 23.4. The van der Waals surface area contributed by atoms with Crippen molar-refractivity contribution in [3.63, 3.8) is 0 Å². The highest BCUT2D eigenvalue weighted by Crippen LogP contribution is 2.44. The molecule has 1 aliphatic carbocycles. The SMILES string of the molecule is CCC[C@@H](C[C@@H]1CC[C@H]([C@@H](C)[C@@H]2OS(=O)(=O)[C@@H]3C[C@@H](O)[C@@H](C)C=C3[C@H]2C)O1)O[Si](C)(C)C(C)(C)C. The third-order valence-corrected chi connectivity index (χ3v) is 15.3. The topological polar surface area (TPSA) is 82.1 Å². The molecule has 0 radical (unpaired) electrons. The molecule has 1 N–H and O–H groups in total. The Kier molecular flexibility index (Phi) is 9.09. The van der Waals surface area contributed by atoms with Crippen molar-refractivity contribution in [3.05, 3.63) is 11.6 Å². The molecule has 0 aromatic carbocycles. The van der Waals surface area contributed by atoms with E-state index in [9.17, 15) is 13.5 Å². The highest BCUT2D eigenvalue weighted by atomic mass is 32.2. The van der Waals surface area contributed by atoms with E-state index < -0.39 is 35.9 Å². The summed E-state index contributed by atoms with van der Waals surface area (Å²) in [6.45, 7) is 19.7. The molecule has 2 saturated heterocycles. The van der Waals surface area contributed by atoms with Crippen molar-refractivity contribution in [1.82, 2.24) is 0 Å². The minimum absolute atomic E-state index is 0.0223. The van der Waals surface area contributed by atoms with E-state index in [1.807, 2.05) is 13.0 Å². The Labute approximate surface area is 215 Å². The van der Waals surface area contributed by atoms with Gasteiger partial charge in [-0.15, -0.1) is 0 Å². The maximum atomic E-state index is 13.0. The van der Waals surface area contributed by atoms with E-state index in [0.29, 0.717) is 0 Å². The zero-order valence-corrected chi connectivity index (χ0v) is 25.2. The molecule has 35 heavy (non-hydrogen) atoms. The third-order valence-electron chi connectivity index (χ3n) is 9.15. The van der Waals surface area contributed by atoms with Gasteiger partial charge in [-0.3, -0.25) is 4.18 Å². The standard InChI is InChI=1S/C27H50O6SSi/c1-10-11-21(33-35(8,9)27(5,6)7)15-20-12-13-24(31-20)19(4)26-18(3)22-14-17(2)23(28)16-25(22)34(29,30)32-26/h14,17-21,23-26,28H,10-13,15-16H2,1-9H3/t17-,18+,19+,20-,21-,23+,24+,25+,26+/m0/s1. The van der Waals surface area contributed by atoms with E-state index in [0.717, 1.165) is 37.7 Å². The van der Waals surface area contributed by atoms with Crippen molar-refractivity contribution in [3.8, 4) is 0 Å². The van der Waals surface area contributed by atoms with Crippen LogP contribution >= 0.6 is 0 Å². The van der Waals surface area contributed by atoms with Crippen LogP contribution in [0.2, 0.25) is 18.1 Å². The van der Waals surface area contributed by atoms with Gasteiger partial charge in [-0.05, 0) is 55.8 Å². The normalized spacial score (nSPS) is 37.4. The van der Waals surface area contributed by atoms with Crippen LogP contribution in [0.4, 0.5) is 0 Å². The summed E-state index contributed by atoms with van der Waals surface area (Å²) in [7, 11) is -5.63. The van der Waals surface area contributed by atoms with Crippen molar-refractivity contribution in [1.29, 1.82) is 0 Å². The fraction of sp³-hybridized carbons (Fsp3) is 0.926. The van der Waals surface area contributed by atoms with Gasteiger partial charge in [-0.1, -0.05) is 61.0 Å². The molecule has 0 saturated carbocycles. The highest BCUT2D eigenvalue weighted by Gasteiger charge is 2.50. The third kappa shape index (κ3) is 6.43. The van der Waals surface area contributed by atoms with Gasteiger partial charge in [0.1, 0.15) is 5.25 Å². The van der Waals surface area contributed by atoms with E-state index in [4.69, 9.17) is 13.3 Å². The lowest BCUT2D eigenvalue weighted by Gasteiger charge is -2.43. The minimum Gasteiger partial charge on any atom is -0.414 e. The predicted octanol–water partition coefficient (Wildman–Crippen LogP) is 5.81. The van der Waals surface area contributed by atoms with Gasteiger partial charge in [0.2, 0.25) is 0 Å². The van der Waals surface area contributed by atoms with Gasteiger partial charge in [0.25, 0.3) is 10.1 Å². The maximum Gasteiger partial charge on any atom is 0.274 e. The molecular weight excluding hydrogens is 480 g/mol. The van der Waals surface area contributed by atoms with Gasteiger partial charge in [0.15, 0.2) is 8.32 Å². The first-order chi connectivity index (χ1) is 16.1. The molecule has 9 atom stereocenters. The van der Waals surface area contributed by atoms with Crippen LogP contribution in [-0.2, 0) is 23.5 Å². The molecule has 204 valence electrons. The number of aliphatic hydroxyl groups is 1. The van der Waals surface area contributed by atoms with Gasteiger partial charge in [0, 0.05) is 23.9 Å². The molecular formula is C27H50O6SSi. The monoisotopic (exact) mass is 530 g/mol. The van der Waals surface area contributed by atoms with Crippen molar-refractivity contribution < 1.29 is 26.9 Å². The lowest BCUT2D eigenvalue weighted by atomic mass is 9.77. The van der Waals surface area contributed by atoms with Gasteiger partial charge >= 0.3 is 0 Å². The Bertz CT molecular complexity index is 863. The Morgan fingerprint density at radius 2 is 1.89 bits per heavy atom. The van der Waals surface area contributed by atoms with Gasteiger partial charge in [-0.25, -0.2) is 0 Å². The molecule has 0 bridgehead atoms. The molecule has 0 unspecified atom stereocenters. The Balaban J connectivity index is 1.67. The smallest absolute Gasteiger partial charge is 0.274 e. The highest BCUT2D eigenvalue weighted by molar-refractivity contribution is 7.87. The number of aliphatic hydroxyl groups excluding tert-OH is 1. The van der Waals surface area contributed by atoms with E-state index in [2.05, 4.69) is 54.6 Å². The predicted molar refractivity (Wildman–Crippen MR) is 143 cm³/mol. The lowest BCUT2D eigenvalue weighted by molar-refractivity contribution is -0.0441. The van der Waals surface area contributed by atoms with Crippen LogP contribution in [0.1, 0.15) is 87.0 Å². The minimum atomic E-state index is -3.77. The summed E-state index contributed by atoms with van der Waals surface area (Å²) in [6, 6.07) is 0. The van der Waals surface area contributed by atoms with E-state index in [1.165, 1.54) is 0 Å². The first-order valence-electron chi connectivity index (χ1n) is 13.7. The van der Waals surface area contributed by atoms with Gasteiger partial charge < -0.3 is 14.3 Å². The van der Waals surface area contributed by atoms with Crippen molar-refractivity contribution in [2.75, 3.05) is 0 Å². The van der Waals surface area contributed by atoms with Crippen LogP contribution in [0.25, 0.3) is 0 Å². The zero-order chi connectivity index (χ0) is 26.3. The summed E-state index contributed by atoms with van der Waals surface area (Å²) < 4.78 is 45.1. The van der Waals surface area contributed by atoms with E-state index >= 15 is 0 Å². The molecule has 0 aromatic heterocycles. The number of ether oxygens (including phenoxy) is 1. The fourth-order valence-electron chi connectivity index (χ4n) is 5.80. The van der Waals surface area contributed by atoms with Crippen LogP contribution in [0.5, 0.6) is 0 Å². The van der Waals surface area contributed by atoms with Crippen molar-refractivity contribution in [2.45, 2.75) is 141 Å². The van der Waals surface area contributed by atoms with Gasteiger partial charge in [0.05, 0.1) is 24.4 Å². The molecule has 0 spiro atoms. The molecule has 6 nitrogen and oxygen atoms in total. The van der Waals surface area contributed by atoms with Crippen molar-refractivity contribution >= 4 is 18.4 Å². The van der Waals surface area contributed by atoms with Crippen LogP contribution in [0.3, 0.4) is 0 Å². The Hall–Kier alpha value is -0.253. The van der Waals surface area contributed by atoms with Crippen LogP contribution in [0.15, 0.2) is 11.6 Å². The average Bonchev–Trinajstić information content (AvgIpc) is 3.19. The first kappa shape index (κ1) is 29.3. The fourth-order valence-corrected chi connectivity index (χ4v) is 9.04. The van der Waals surface area contributed by atoms with Crippen LogP contribution < -0.4 is 0 Å². The molecule has 3 aliphatic rings. The molecule has 8 heteroatoms. The molecule has 2 fully saturated rings. The number of rotatable bonds is 8. The maximum absolute atomic E-state index is 13.0. The van der Waals surface area contributed by atoms with E-state index in [-0.39, 0.29) is 47.5 Å². The molecule has 0 amide bonds. The second-order valence-electron chi connectivity index (χ2n) is 12.9. The van der Waals surface area contributed by atoms with Crippen molar-refractivity contribution in [2.24, 2.45) is 17.8 Å². The summed E-state index contributed by atoms with van der Waals surface area (Å²) in [4.78, 5) is 0. The average molecular weight is 531 g/mol. The lowest BCUT2D eigenvalue weighted by Crippen LogP contribution is -2.50. The van der Waals surface area contributed by atoms with Crippen LogP contribution in [0, 0.1) is 17.8 Å². The summed E-state index contributed by atoms with van der Waals surface area (Å²) in [5, 5.41) is 9.69.